The Balaban J connectivity index is 0.000000116. The van der Waals surface area contributed by atoms with Crippen molar-refractivity contribution in [1.82, 2.24) is 24.9 Å². The van der Waals surface area contributed by atoms with Crippen LogP contribution < -0.4 is 54.7 Å². The van der Waals surface area contributed by atoms with Crippen molar-refractivity contribution in [2.45, 2.75) is 129 Å². The highest BCUT2D eigenvalue weighted by Crippen LogP contribution is 2.38. The molecule has 112 heavy (non-hydrogen) atoms. The molecule has 3 aliphatic carbocycles. The standard InChI is InChI=1S/3C19H22N4.C17H19N3O2.C16H18N4O/c2*1-12-2-4-15(8-12)22-18-10-19(20)23-17-9-13(3-5-16(17)18)14-6-7-21-11-14;1-12-3-2-4-16(12)22-18-10-19(20)23-17-9-13(5-6-15(17)18)14-7-8-21-11-14;1-2-13(21)10-22-16-8-17(18)20-15-7-11(3-4-14(15)16)12-5-6-19-9-12;1-10(21)8-19-14-7-16(17)20-15-6-11(2-3-13(14)15)12-4-5-18-9-12/h2*3,5-7,9-10,12,15H,2,4,8,11H2,1H3,(H3,20,22,23);5-10,12,16H,2-4,11H2,1H3,(H3,20,22,23);3-8,13,21H,2,9-10H2,1H3,(H2,18,20);2-7,10,21H,8-9H2,1H3,(H3,17,19,20)/t12-,15+;12-,15-;12-,16+;13-;10-/m01011/s1. The third-order valence-corrected chi connectivity index (χ3v) is 22.0. The summed E-state index contributed by atoms with van der Waals surface area (Å²) in [5.41, 5.74) is 50.3. The van der Waals surface area contributed by atoms with Crippen molar-refractivity contribution in [2.75, 3.05) is 95.8 Å². The number of aliphatic hydroxyl groups excluding tert-OH is 2. The van der Waals surface area contributed by atoms with Gasteiger partial charge in [-0.1, -0.05) is 88.7 Å². The first kappa shape index (κ1) is 76.9. The van der Waals surface area contributed by atoms with E-state index < -0.39 is 12.2 Å². The lowest BCUT2D eigenvalue weighted by Gasteiger charge is -2.20. The van der Waals surface area contributed by atoms with E-state index in [9.17, 15) is 10.2 Å². The van der Waals surface area contributed by atoms with Crippen LogP contribution in [0.1, 0.15) is 127 Å². The summed E-state index contributed by atoms with van der Waals surface area (Å²) in [6.07, 6.45) is 30.5. The van der Waals surface area contributed by atoms with Gasteiger partial charge in [0.25, 0.3) is 0 Å². The number of aliphatic hydroxyl groups is 2. The Morgan fingerprint density at radius 2 is 0.750 bits per heavy atom. The maximum atomic E-state index is 9.66. The summed E-state index contributed by atoms with van der Waals surface area (Å²) < 4.78 is 5.71. The number of fused-ring (bicyclic) bond motifs is 5. The van der Waals surface area contributed by atoms with Crippen molar-refractivity contribution in [1.29, 1.82) is 0 Å². The minimum atomic E-state index is -0.482. The van der Waals surface area contributed by atoms with Gasteiger partial charge in [-0.05, 0) is 205 Å². The Labute approximate surface area is 654 Å². The van der Waals surface area contributed by atoms with Crippen LogP contribution in [0.3, 0.4) is 0 Å². The second-order valence-electron chi connectivity index (χ2n) is 30.8. The molecule has 3 fully saturated rings. The van der Waals surface area contributed by atoms with E-state index in [1.165, 1.54) is 96.8 Å². The fraction of sp³-hybridized carbons (Fsp3) is 0.333. The quantitative estimate of drug-likeness (QED) is 0.0380. The van der Waals surface area contributed by atoms with Gasteiger partial charge < -0.3 is 64.9 Å². The number of ether oxygens (including phenoxy) is 1. The molecule has 8 aliphatic rings. The van der Waals surface area contributed by atoms with Crippen LogP contribution in [0.5, 0.6) is 5.75 Å². The highest BCUT2D eigenvalue weighted by atomic mass is 16.5. The number of nitrogen functional groups attached to an aromatic ring is 5. The molecule has 0 amide bonds. The van der Waals surface area contributed by atoms with Crippen LogP contribution >= 0.6 is 0 Å². The van der Waals surface area contributed by atoms with Gasteiger partial charge in [0, 0.05) is 136 Å². The van der Waals surface area contributed by atoms with Crippen molar-refractivity contribution in [3.8, 4) is 5.75 Å². The average molecular weight is 1500 g/mol. The van der Waals surface area contributed by atoms with E-state index in [-0.39, 0.29) is 6.61 Å². The van der Waals surface area contributed by atoms with Gasteiger partial charge in [0.2, 0.25) is 0 Å². The van der Waals surface area contributed by atoms with Crippen LogP contribution in [0, 0.1) is 17.8 Å². The van der Waals surface area contributed by atoms with E-state index in [1.807, 2.05) is 98.7 Å². The highest BCUT2D eigenvalue weighted by molar-refractivity contribution is 6.02. The van der Waals surface area contributed by atoms with Gasteiger partial charge in [-0.2, -0.15) is 0 Å². The fourth-order valence-corrected chi connectivity index (χ4v) is 15.7. The number of allylic oxidation sites excluding steroid dienone is 5. The van der Waals surface area contributed by atoms with Crippen LogP contribution in [-0.2, 0) is 0 Å². The van der Waals surface area contributed by atoms with Gasteiger partial charge in [-0.15, -0.1) is 0 Å². The Hall–Kier alpha value is -11.9. The molecular formula is C90H103N19O3. The summed E-state index contributed by atoms with van der Waals surface area (Å²) in [5, 5.41) is 38.7. The normalized spacial score (nSPS) is 20.3. The van der Waals surface area contributed by atoms with E-state index >= 15 is 0 Å². The topological polar surface area (TPSA) is 354 Å². The van der Waals surface area contributed by atoms with Crippen molar-refractivity contribution in [3.63, 3.8) is 0 Å². The molecule has 10 heterocycles. The molecule has 576 valence electrons. The van der Waals surface area contributed by atoms with Crippen molar-refractivity contribution in [3.05, 3.63) is 180 Å². The van der Waals surface area contributed by atoms with Gasteiger partial charge in [0.05, 0.1) is 72.5 Å². The number of aliphatic imine (C=N–C) groups is 5. The zero-order valence-corrected chi connectivity index (χ0v) is 64.6. The smallest absolute Gasteiger partial charge is 0.132 e. The predicted molar refractivity (Wildman–Crippen MR) is 471 cm³/mol. The van der Waals surface area contributed by atoms with Gasteiger partial charge in [0.15, 0.2) is 0 Å². The molecule has 0 spiro atoms. The lowest BCUT2D eigenvalue weighted by atomic mass is 10.0. The molecule has 0 radical (unpaired) electrons. The Bertz CT molecular complexity index is 5320. The molecule has 18 rings (SSSR count). The summed E-state index contributed by atoms with van der Waals surface area (Å²) in [5.74, 6) is 5.54. The average Bonchev–Trinajstić information content (AvgIpc) is 1.19. The first-order chi connectivity index (χ1) is 54.4. The summed E-state index contributed by atoms with van der Waals surface area (Å²) in [4.78, 5) is 43.5. The largest absolute Gasteiger partial charge is 0.490 e. The third-order valence-electron chi connectivity index (χ3n) is 22.0. The van der Waals surface area contributed by atoms with Gasteiger partial charge in [-0.25, -0.2) is 24.9 Å². The molecule has 0 unspecified atom stereocenters. The molecule has 8 atom stereocenters. The number of rotatable bonds is 18. The molecule has 0 saturated heterocycles. The van der Waals surface area contributed by atoms with E-state index in [0.717, 1.165) is 125 Å². The van der Waals surface area contributed by atoms with Crippen LogP contribution in [0.25, 0.3) is 82.4 Å². The van der Waals surface area contributed by atoms with Crippen molar-refractivity contribution in [2.24, 2.45) is 42.7 Å². The number of nitrogens with two attached hydrogens (primary N) is 5. The SMILES string of the molecule is CC[C@@H](O)COc1cc(N)nc2cc(C3=CC=NC3)ccc12.C[C@@H](O)CNc1cc(N)nc2cc(C3=CC=NC3)ccc12.C[C@@H]1CC[C@@H](Nc2cc(N)nc3cc(C4=CC=NC4)ccc23)C1.C[C@H]1CCC[C@H]1Nc1cc(N)nc2cc(C3=CC=NC3)ccc12.C[C@H]1CC[C@@H](Nc2cc(N)nc3cc(C4=CC=NC4)ccc23)C1. The number of anilines is 9. The maximum absolute atomic E-state index is 9.66. The third kappa shape index (κ3) is 19.1. The van der Waals surface area contributed by atoms with E-state index in [4.69, 9.17) is 33.4 Å². The number of nitrogens with one attached hydrogen (secondary N) is 4. The molecule has 5 aromatic carbocycles. The number of pyridine rings is 5. The Morgan fingerprint density at radius 1 is 0.411 bits per heavy atom. The molecular weight excluding hydrogens is 1400 g/mol. The molecule has 16 N–H and O–H groups in total. The molecule has 22 nitrogen and oxygen atoms in total. The zero-order chi connectivity index (χ0) is 77.8. The molecule has 0 bridgehead atoms. The lowest BCUT2D eigenvalue weighted by molar-refractivity contribution is 0.105. The molecule has 5 aliphatic heterocycles. The Morgan fingerprint density at radius 3 is 1.07 bits per heavy atom. The van der Waals surface area contributed by atoms with Crippen LogP contribution in [0.15, 0.2) is 177 Å². The van der Waals surface area contributed by atoms with Gasteiger partial charge in [-0.3, -0.25) is 25.0 Å². The summed E-state index contributed by atoms with van der Waals surface area (Å²) >= 11 is 0. The van der Waals surface area contributed by atoms with Crippen LogP contribution in [-0.4, -0.2) is 142 Å². The number of aromatic nitrogens is 5. The van der Waals surface area contributed by atoms with E-state index in [1.54, 1.807) is 19.1 Å². The van der Waals surface area contributed by atoms with Crippen molar-refractivity contribution >= 4 is 165 Å². The predicted octanol–water partition coefficient (Wildman–Crippen LogP) is 16.2. The van der Waals surface area contributed by atoms with E-state index in [2.05, 4.69) is 171 Å². The minimum Gasteiger partial charge on any atom is -0.490 e. The monoisotopic (exact) mass is 1500 g/mol. The Kier molecular flexibility index (Phi) is 24.3. The maximum Gasteiger partial charge on any atom is 0.132 e. The highest BCUT2D eigenvalue weighted by Gasteiger charge is 2.26. The number of nitrogens with zero attached hydrogens (tertiary/aromatic N) is 10. The second kappa shape index (κ2) is 35.4. The summed E-state index contributed by atoms with van der Waals surface area (Å²) in [6, 6.07) is 42.4. The number of benzene rings is 5. The lowest BCUT2D eigenvalue weighted by Crippen LogP contribution is -2.22. The number of hydrogen-bond acceptors (Lipinski definition) is 22. The fourth-order valence-electron chi connectivity index (χ4n) is 15.7. The van der Waals surface area contributed by atoms with Crippen LogP contribution in [0.2, 0.25) is 0 Å². The number of hydrogen-bond donors (Lipinski definition) is 11. The van der Waals surface area contributed by atoms with Gasteiger partial charge in [0.1, 0.15) is 41.4 Å². The molecule has 22 heteroatoms. The molecule has 10 aromatic rings. The van der Waals surface area contributed by atoms with Crippen molar-refractivity contribution < 1.29 is 14.9 Å². The minimum absolute atomic E-state index is 0.246. The van der Waals surface area contributed by atoms with E-state index in [0.29, 0.717) is 84.9 Å². The molecule has 5 aromatic heterocycles. The molecule has 3 saturated carbocycles. The first-order valence-electron chi connectivity index (χ1n) is 39.4. The first-order valence-corrected chi connectivity index (χ1v) is 39.4. The second-order valence-corrected chi connectivity index (χ2v) is 30.8. The zero-order valence-electron chi connectivity index (χ0n) is 64.6. The summed E-state index contributed by atoms with van der Waals surface area (Å²) in [7, 11) is 0. The van der Waals surface area contributed by atoms with Crippen LogP contribution in [0.4, 0.5) is 51.8 Å². The van der Waals surface area contributed by atoms with Gasteiger partial charge >= 0.3 is 0 Å². The summed E-state index contributed by atoms with van der Waals surface area (Å²) in [6.45, 7) is 15.0.